The predicted octanol–water partition coefficient (Wildman–Crippen LogP) is 2.63. The monoisotopic (exact) mass is 298 g/mol. The molecule has 0 aliphatic heterocycles. The lowest BCUT2D eigenvalue weighted by molar-refractivity contribution is -0.120. The van der Waals surface area contributed by atoms with Crippen molar-refractivity contribution in [1.29, 1.82) is 0 Å². The highest BCUT2D eigenvalue weighted by Gasteiger charge is 2.12. The summed E-state index contributed by atoms with van der Waals surface area (Å²) in [6.45, 7) is 5.05. The summed E-state index contributed by atoms with van der Waals surface area (Å²) < 4.78 is 1.08. The number of nitrogens with one attached hydrogen (secondary N) is 2. The van der Waals surface area contributed by atoms with Crippen LogP contribution < -0.4 is 10.6 Å². The number of hydrogen-bond donors (Lipinski definition) is 2. The normalized spacial score (nSPS) is 12.2. The first-order chi connectivity index (χ1) is 8.19. The van der Waals surface area contributed by atoms with Crippen LogP contribution in [0.4, 0.5) is 0 Å². The minimum absolute atomic E-state index is 0.0398. The molecule has 1 atom stereocenters. The molecule has 2 N–H and O–H groups in total. The lowest BCUT2D eigenvalue weighted by atomic mass is 10.0. The predicted molar refractivity (Wildman–Crippen MR) is 73.9 cm³/mol. The molecule has 0 saturated heterocycles. The van der Waals surface area contributed by atoms with E-state index in [1.54, 1.807) is 0 Å². The highest BCUT2D eigenvalue weighted by molar-refractivity contribution is 9.10. The van der Waals surface area contributed by atoms with Gasteiger partial charge in [-0.1, -0.05) is 41.1 Å². The number of rotatable bonds is 6. The van der Waals surface area contributed by atoms with E-state index in [4.69, 9.17) is 0 Å². The van der Waals surface area contributed by atoms with E-state index in [1.165, 1.54) is 5.56 Å². The van der Waals surface area contributed by atoms with Gasteiger partial charge in [0.2, 0.25) is 5.91 Å². The molecule has 0 unspecified atom stereocenters. The van der Waals surface area contributed by atoms with Gasteiger partial charge in [-0.15, -0.1) is 0 Å². The third-order valence-electron chi connectivity index (χ3n) is 2.57. The van der Waals surface area contributed by atoms with E-state index >= 15 is 0 Å². The van der Waals surface area contributed by atoms with E-state index in [0.29, 0.717) is 13.1 Å². The van der Waals surface area contributed by atoms with Gasteiger partial charge in [0.05, 0.1) is 6.54 Å². The Morgan fingerprint density at radius 1 is 1.35 bits per heavy atom. The maximum atomic E-state index is 11.4. The molecular formula is C13H19BrN2O. The number of carbonyl (C=O) groups excluding carboxylic acids is 1. The SMILES string of the molecule is CCNC(=O)CN[C@H](CC)c1ccccc1Br. The van der Waals surface area contributed by atoms with Crippen LogP contribution in [0.1, 0.15) is 31.9 Å². The summed E-state index contributed by atoms with van der Waals surface area (Å²) in [5, 5.41) is 6.05. The largest absolute Gasteiger partial charge is 0.355 e. The Morgan fingerprint density at radius 3 is 2.65 bits per heavy atom. The molecule has 1 amide bonds. The van der Waals surface area contributed by atoms with E-state index in [-0.39, 0.29) is 11.9 Å². The fourth-order valence-corrected chi connectivity index (χ4v) is 2.27. The number of likely N-dealkylation sites (N-methyl/N-ethyl adjacent to an activating group) is 1. The van der Waals surface area contributed by atoms with Crippen LogP contribution in [0.3, 0.4) is 0 Å². The summed E-state index contributed by atoms with van der Waals surface area (Å²) in [5.74, 6) is 0.0398. The number of benzene rings is 1. The molecule has 1 rings (SSSR count). The lowest BCUT2D eigenvalue weighted by Gasteiger charge is -2.18. The topological polar surface area (TPSA) is 41.1 Å². The van der Waals surface area contributed by atoms with E-state index in [1.807, 2.05) is 25.1 Å². The van der Waals surface area contributed by atoms with Gasteiger partial charge in [-0.05, 0) is 25.0 Å². The second-order valence-electron chi connectivity index (χ2n) is 3.82. The summed E-state index contributed by atoms with van der Waals surface area (Å²) in [7, 11) is 0. The van der Waals surface area contributed by atoms with Crippen molar-refractivity contribution < 1.29 is 4.79 Å². The van der Waals surface area contributed by atoms with Gasteiger partial charge in [0.15, 0.2) is 0 Å². The first-order valence-corrected chi connectivity index (χ1v) is 6.72. The Kier molecular flexibility index (Phi) is 6.22. The van der Waals surface area contributed by atoms with Crippen molar-refractivity contribution in [2.45, 2.75) is 26.3 Å². The van der Waals surface area contributed by atoms with Gasteiger partial charge in [-0.3, -0.25) is 4.79 Å². The molecule has 0 saturated carbocycles. The van der Waals surface area contributed by atoms with Crippen molar-refractivity contribution in [3.8, 4) is 0 Å². The van der Waals surface area contributed by atoms with Gasteiger partial charge in [-0.25, -0.2) is 0 Å². The maximum Gasteiger partial charge on any atom is 0.233 e. The minimum atomic E-state index is 0.0398. The third-order valence-corrected chi connectivity index (χ3v) is 3.29. The summed E-state index contributed by atoms with van der Waals surface area (Å²) in [5.41, 5.74) is 1.19. The smallest absolute Gasteiger partial charge is 0.233 e. The molecule has 0 aromatic heterocycles. The molecule has 3 nitrogen and oxygen atoms in total. The molecule has 4 heteroatoms. The Bertz CT molecular complexity index is 368. The molecule has 0 aliphatic rings. The number of amides is 1. The van der Waals surface area contributed by atoms with Crippen LogP contribution in [0, 0.1) is 0 Å². The Labute approximate surface area is 111 Å². The van der Waals surface area contributed by atoms with Gasteiger partial charge < -0.3 is 10.6 Å². The maximum absolute atomic E-state index is 11.4. The molecule has 0 radical (unpaired) electrons. The number of hydrogen-bond acceptors (Lipinski definition) is 2. The number of carbonyl (C=O) groups is 1. The third kappa shape index (κ3) is 4.48. The summed E-state index contributed by atoms with van der Waals surface area (Å²) >= 11 is 3.53. The Balaban J connectivity index is 2.60. The zero-order chi connectivity index (χ0) is 12.7. The Hall–Kier alpha value is -0.870. The van der Waals surface area contributed by atoms with Crippen molar-refractivity contribution >= 4 is 21.8 Å². The quantitative estimate of drug-likeness (QED) is 0.848. The molecule has 17 heavy (non-hydrogen) atoms. The molecule has 1 aromatic rings. The van der Waals surface area contributed by atoms with Crippen LogP contribution in [-0.2, 0) is 4.79 Å². The molecule has 1 aromatic carbocycles. The molecule has 0 aliphatic carbocycles. The van der Waals surface area contributed by atoms with E-state index < -0.39 is 0 Å². The van der Waals surface area contributed by atoms with Crippen LogP contribution in [0.15, 0.2) is 28.7 Å². The fraction of sp³-hybridized carbons (Fsp3) is 0.462. The van der Waals surface area contributed by atoms with Crippen LogP contribution in [0.25, 0.3) is 0 Å². The summed E-state index contributed by atoms with van der Waals surface area (Å²) in [6.07, 6.45) is 0.946. The molecule has 0 bridgehead atoms. The Morgan fingerprint density at radius 2 is 2.06 bits per heavy atom. The van der Waals surface area contributed by atoms with Crippen LogP contribution in [-0.4, -0.2) is 19.0 Å². The first-order valence-electron chi connectivity index (χ1n) is 5.93. The van der Waals surface area contributed by atoms with Crippen molar-refractivity contribution in [3.63, 3.8) is 0 Å². The fourth-order valence-electron chi connectivity index (χ4n) is 1.71. The molecule has 0 spiro atoms. The van der Waals surface area contributed by atoms with Crippen LogP contribution >= 0.6 is 15.9 Å². The van der Waals surface area contributed by atoms with Gasteiger partial charge >= 0.3 is 0 Å². The first kappa shape index (κ1) is 14.2. The lowest BCUT2D eigenvalue weighted by Crippen LogP contribution is -2.35. The highest BCUT2D eigenvalue weighted by Crippen LogP contribution is 2.24. The molecule has 94 valence electrons. The zero-order valence-electron chi connectivity index (χ0n) is 10.3. The zero-order valence-corrected chi connectivity index (χ0v) is 11.9. The highest BCUT2D eigenvalue weighted by atomic mass is 79.9. The molecule has 0 fully saturated rings. The van der Waals surface area contributed by atoms with Crippen LogP contribution in [0.2, 0.25) is 0 Å². The minimum Gasteiger partial charge on any atom is -0.355 e. The second kappa shape index (κ2) is 7.45. The van der Waals surface area contributed by atoms with Crippen molar-refractivity contribution in [2.24, 2.45) is 0 Å². The van der Waals surface area contributed by atoms with Crippen LogP contribution in [0.5, 0.6) is 0 Å². The van der Waals surface area contributed by atoms with Gasteiger partial charge in [-0.2, -0.15) is 0 Å². The molecule has 0 heterocycles. The van der Waals surface area contributed by atoms with E-state index in [9.17, 15) is 4.79 Å². The summed E-state index contributed by atoms with van der Waals surface area (Å²) in [4.78, 5) is 11.4. The van der Waals surface area contributed by atoms with Crippen molar-refractivity contribution in [3.05, 3.63) is 34.3 Å². The van der Waals surface area contributed by atoms with Gasteiger partial charge in [0.1, 0.15) is 0 Å². The van der Waals surface area contributed by atoms with Gasteiger partial charge in [0, 0.05) is 17.1 Å². The van der Waals surface area contributed by atoms with Crippen molar-refractivity contribution in [2.75, 3.05) is 13.1 Å². The van der Waals surface area contributed by atoms with E-state index in [0.717, 1.165) is 10.9 Å². The average molecular weight is 299 g/mol. The van der Waals surface area contributed by atoms with E-state index in [2.05, 4.69) is 39.6 Å². The summed E-state index contributed by atoms with van der Waals surface area (Å²) in [6, 6.07) is 8.29. The standard InChI is InChI=1S/C13H19BrN2O/c1-3-12(16-9-13(17)15-4-2)10-7-5-6-8-11(10)14/h5-8,12,16H,3-4,9H2,1-2H3,(H,15,17)/t12-/m1/s1. The molecular weight excluding hydrogens is 280 g/mol. The van der Waals surface area contributed by atoms with Gasteiger partial charge in [0.25, 0.3) is 0 Å². The van der Waals surface area contributed by atoms with Crippen molar-refractivity contribution in [1.82, 2.24) is 10.6 Å². The second-order valence-corrected chi connectivity index (χ2v) is 4.67. The average Bonchev–Trinajstić information content (AvgIpc) is 2.32. The number of halogens is 1.